The number of benzene rings is 2. The molecular formula is C23H31N3O5S. The normalized spacial score (nSPS) is 11.8. The lowest BCUT2D eigenvalue weighted by Gasteiger charge is -2.19. The number of hydrogen-bond acceptors (Lipinski definition) is 5. The molecule has 0 spiro atoms. The lowest BCUT2D eigenvalue weighted by molar-refractivity contribution is 0.0635. The first-order valence-electron chi connectivity index (χ1n) is 10.3. The van der Waals surface area contributed by atoms with Crippen LogP contribution in [0.15, 0.2) is 48.5 Å². The molecule has 0 aliphatic heterocycles. The second-order valence-electron chi connectivity index (χ2n) is 8.74. The third-order valence-corrected chi connectivity index (χ3v) is 5.58. The van der Waals surface area contributed by atoms with E-state index in [0.29, 0.717) is 23.4 Å². The zero-order valence-corrected chi connectivity index (χ0v) is 19.9. The number of amides is 2. The van der Waals surface area contributed by atoms with Gasteiger partial charge in [0.05, 0.1) is 5.75 Å². The summed E-state index contributed by atoms with van der Waals surface area (Å²) in [7, 11) is -3.38. The minimum absolute atomic E-state index is 0.0957. The monoisotopic (exact) mass is 461 g/mol. The van der Waals surface area contributed by atoms with Crippen molar-refractivity contribution in [2.75, 3.05) is 5.32 Å². The van der Waals surface area contributed by atoms with E-state index in [1.807, 2.05) is 0 Å². The summed E-state index contributed by atoms with van der Waals surface area (Å²) in [5.41, 5.74) is 1.89. The van der Waals surface area contributed by atoms with Gasteiger partial charge in [0.15, 0.2) is 0 Å². The van der Waals surface area contributed by atoms with Gasteiger partial charge < -0.3 is 10.1 Å². The first kappa shape index (κ1) is 25.4. The molecule has 0 atom stereocenters. The van der Waals surface area contributed by atoms with Crippen molar-refractivity contribution in [3.8, 4) is 0 Å². The number of anilines is 1. The number of carbonyl (C=O) groups is 2. The number of ether oxygens (including phenoxy) is 1. The van der Waals surface area contributed by atoms with E-state index in [1.165, 1.54) is 0 Å². The SMILES string of the molecule is CC(C)NS(=O)(=O)Cc1ccc(CNC(=O)c2ccc(NC(=O)OC(C)(C)C)cc2)cc1. The second kappa shape index (κ2) is 10.6. The molecule has 0 heterocycles. The van der Waals surface area contributed by atoms with Crippen LogP contribution in [0, 0.1) is 0 Å². The van der Waals surface area contributed by atoms with Gasteiger partial charge in [-0.15, -0.1) is 0 Å². The minimum atomic E-state index is -3.38. The fourth-order valence-corrected chi connectivity index (χ4v) is 4.22. The van der Waals surface area contributed by atoms with Crippen molar-refractivity contribution in [1.29, 1.82) is 0 Å². The number of hydrogen-bond donors (Lipinski definition) is 3. The van der Waals surface area contributed by atoms with Gasteiger partial charge in [-0.2, -0.15) is 0 Å². The summed E-state index contributed by atoms with van der Waals surface area (Å²) in [6, 6.07) is 13.4. The molecule has 2 aromatic carbocycles. The van der Waals surface area contributed by atoms with Gasteiger partial charge in [0.1, 0.15) is 5.60 Å². The molecule has 32 heavy (non-hydrogen) atoms. The fraction of sp³-hybridized carbons (Fsp3) is 0.391. The molecule has 2 rings (SSSR count). The maximum Gasteiger partial charge on any atom is 0.412 e. The summed E-state index contributed by atoms with van der Waals surface area (Å²) in [6.45, 7) is 9.18. The summed E-state index contributed by atoms with van der Waals surface area (Å²) in [5.74, 6) is -0.358. The van der Waals surface area contributed by atoms with Crippen LogP contribution in [0.1, 0.15) is 56.1 Å². The molecule has 0 saturated carbocycles. The molecule has 2 amide bonds. The van der Waals surface area contributed by atoms with Crippen LogP contribution in [0.4, 0.5) is 10.5 Å². The van der Waals surface area contributed by atoms with Gasteiger partial charge >= 0.3 is 6.09 Å². The summed E-state index contributed by atoms with van der Waals surface area (Å²) in [4.78, 5) is 24.2. The first-order valence-corrected chi connectivity index (χ1v) is 11.9. The average molecular weight is 462 g/mol. The molecule has 0 aliphatic carbocycles. The Bertz CT molecular complexity index is 1020. The van der Waals surface area contributed by atoms with Crippen LogP contribution in [-0.2, 0) is 27.1 Å². The molecule has 0 bridgehead atoms. The summed E-state index contributed by atoms with van der Waals surface area (Å²) in [6.07, 6.45) is -0.564. The summed E-state index contributed by atoms with van der Waals surface area (Å²) >= 11 is 0. The highest BCUT2D eigenvalue weighted by molar-refractivity contribution is 7.88. The van der Waals surface area contributed by atoms with Gasteiger partial charge in [-0.25, -0.2) is 17.9 Å². The quantitative estimate of drug-likeness (QED) is 0.553. The lowest BCUT2D eigenvalue weighted by Crippen LogP contribution is -2.31. The summed E-state index contributed by atoms with van der Waals surface area (Å²) in [5, 5.41) is 5.43. The fourth-order valence-electron chi connectivity index (χ4n) is 2.78. The molecule has 0 saturated heterocycles. The number of nitrogens with one attached hydrogen (secondary N) is 3. The standard InChI is InChI=1S/C23H31N3O5S/c1-16(2)26-32(29,30)15-18-8-6-17(7-9-18)14-24-21(27)19-10-12-20(13-11-19)25-22(28)31-23(3,4)5/h6-13,16,26H,14-15H2,1-5H3,(H,24,27)(H,25,28). The predicted octanol–water partition coefficient (Wildman–Crippen LogP) is 3.79. The van der Waals surface area contributed by atoms with Crippen LogP contribution < -0.4 is 15.4 Å². The molecule has 0 fully saturated rings. The summed E-state index contributed by atoms with van der Waals surface area (Å²) < 4.78 is 31.8. The van der Waals surface area contributed by atoms with Crippen LogP contribution in [0.3, 0.4) is 0 Å². The Morgan fingerprint density at radius 1 is 0.938 bits per heavy atom. The molecular weight excluding hydrogens is 430 g/mol. The molecule has 0 radical (unpaired) electrons. The van der Waals surface area contributed by atoms with Gasteiger partial charge in [0.25, 0.3) is 5.91 Å². The molecule has 3 N–H and O–H groups in total. The predicted molar refractivity (Wildman–Crippen MR) is 125 cm³/mol. The largest absolute Gasteiger partial charge is 0.444 e. The third kappa shape index (κ3) is 9.07. The Labute approximate surface area is 189 Å². The Balaban J connectivity index is 1.87. The van der Waals surface area contributed by atoms with Crippen molar-refractivity contribution < 1.29 is 22.7 Å². The van der Waals surface area contributed by atoms with Gasteiger partial charge in [-0.3, -0.25) is 10.1 Å². The first-order chi connectivity index (χ1) is 14.8. The molecule has 8 nitrogen and oxygen atoms in total. The van der Waals surface area contributed by atoms with Crippen LogP contribution in [0.2, 0.25) is 0 Å². The number of carbonyl (C=O) groups excluding carboxylic acids is 2. The van der Waals surface area contributed by atoms with Crippen molar-refractivity contribution in [1.82, 2.24) is 10.0 Å². The van der Waals surface area contributed by atoms with Crippen LogP contribution >= 0.6 is 0 Å². The van der Waals surface area contributed by atoms with E-state index in [9.17, 15) is 18.0 Å². The van der Waals surface area contributed by atoms with Crippen LogP contribution in [-0.4, -0.2) is 32.1 Å². The van der Waals surface area contributed by atoms with Crippen molar-refractivity contribution in [2.45, 2.75) is 58.6 Å². The molecule has 0 aromatic heterocycles. The van der Waals surface area contributed by atoms with E-state index < -0.39 is 21.7 Å². The average Bonchev–Trinajstić information content (AvgIpc) is 2.65. The lowest BCUT2D eigenvalue weighted by atomic mass is 10.1. The van der Waals surface area contributed by atoms with E-state index in [-0.39, 0.29) is 17.7 Å². The van der Waals surface area contributed by atoms with Crippen molar-refractivity contribution in [3.05, 3.63) is 65.2 Å². The molecule has 174 valence electrons. The van der Waals surface area contributed by atoms with Crippen molar-refractivity contribution >= 4 is 27.7 Å². The Morgan fingerprint density at radius 3 is 2.03 bits per heavy atom. The number of sulfonamides is 1. The van der Waals surface area contributed by atoms with E-state index in [4.69, 9.17) is 4.74 Å². The topological polar surface area (TPSA) is 114 Å². The molecule has 0 aliphatic rings. The minimum Gasteiger partial charge on any atom is -0.444 e. The van der Waals surface area contributed by atoms with E-state index in [2.05, 4.69) is 15.4 Å². The van der Waals surface area contributed by atoms with Crippen molar-refractivity contribution in [3.63, 3.8) is 0 Å². The maximum atomic E-state index is 12.4. The van der Waals surface area contributed by atoms with Gasteiger partial charge in [0.2, 0.25) is 10.0 Å². The highest BCUT2D eigenvalue weighted by atomic mass is 32.2. The Hall–Kier alpha value is -2.91. The van der Waals surface area contributed by atoms with E-state index in [1.54, 1.807) is 83.1 Å². The Kier molecular flexibility index (Phi) is 8.40. The highest BCUT2D eigenvalue weighted by Gasteiger charge is 2.16. The second-order valence-corrected chi connectivity index (χ2v) is 10.5. The number of rotatable bonds is 8. The molecule has 2 aromatic rings. The molecule has 9 heteroatoms. The Morgan fingerprint density at radius 2 is 1.50 bits per heavy atom. The third-order valence-electron chi connectivity index (χ3n) is 4.04. The van der Waals surface area contributed by atoms with Gasteiger partial charge in [0, 0.05) is 23.8 Å². The van der Waals surface area contributed by atoms with Gasteiger partial charge in [-0.1, -0.05) is 24.3 Å². The van der Waals surface area contributed by atoms with Crippen LogP contribution in [0.5, 0.6) is 0 Å². The van der Waals surface area contributed by atoms with Crippen molar-refractivity contribution in [2.24, 2.45) is 0 Å². The van der Waals surface area contributed by atoms with E-state index >= 15 is 0 Å². The zero-order valence-electron chi connectivity index (χ0n) is 19.1. The van der Waals surface area contributed by atoms with Crippen LogP contribution in [0.25, 0.3) is 0 Å². The zero-order chi connectivity index (χ0) is 23.9. The smallest absolute Gasteiger partial charge is 0.412 e. The highest BCUT2D eigenvalue weighted by Crippen LogP contribution is 2.13. The maximum absolute atomic E-state index is 12.4. The van der Waals surface area contributed by atoms with E-state index in [0.717, 1.165) is 5.56 Å². The van der Waals surface area contributed by atoms with Gasteiger partial charge in [-0.05, 0) is 70.0 Å². The molecule has 0 unspecified atom stereocenters.